The Kier molecular flexibility index (Phi) is 6.91. The van der Waals surface area contributed by atoms with E-state index in [2.05, 4.69) is 12.2 Å². The highest BCUT2D eigenvalue weighted by Crippen LogP contribution is 2.39. The van der Waals surface area contributed by atoms with Crippen molar-refractivity contribution in [1.82, 2.24) is 5.32 Å². The van der Waals surface area contributed by atoms with Gasteiger partial charge in [-0.2, -0.15) is 0 Å². The van der Waals surface area contributed by atoms with Crippen molar-refractivity contribution in [2.45, 2.75) is 45.6 Å². The third-order valence-corrected chi connectivity index (χ3v) is 4.60. The average molecular weight is 335 g/mol. The molecule has 1 aromatic carbocycles. The molecule has 0 spiro atoms. The van der Waals surface area contributed by atoms with Gasteiger partial charge in [0.1, 0.15) is 0 Å². The zero-order valence-corrected chi connectivity index (χ0v) is 15.2. The second kappa shape index (κ2) is 8.92. The van der Waals surface area contributed by atoms with Crippen LogP contribution < -0.4 is 14.8 Å². The molecule has 0 saturated heterocycles. The Labute approximate surface area is 144 Å². The number of esters is 1. The molecule has 0 radical (unpaired) electrons. The molecule has 5 nitrogen and oxygen atoms in total. The van der Waals surface area contributed by atoms with Gasteiger partial charge in [-0.3, -0.25) is 4.79 Å². The SMILES string of the molecule is CCCCC(C(=O)OCC)C1NCCc2cc(OC)c(OC)cc21. The third kappa shape index (κ3) is 4.01. The summed E-state index contributed by atoms with van der Waals surface area (Å²) in [6.07, 6.45) is 3.79. The lowest BCUT2D eigenvalue weighted by atomic mass is 9.83. The van der Waals surface area contributed by atoms with Gasteiger partial charge in [0.2, 0.25) is 0 Å². The van der Waals surface area contributed by atoms with Crippen LogP contribution in [0.2, 0.25) is 0 Å². The van der Waals surface area contributed by atoms with Crippen molar-refractivity contribution < 1.29 is 19.0 Å². The Hall–Kier alpha value is -1.75. The van der Waals surface area contributed by atoms with Crippen molar-refractivity contribution in [3.63, 3.8) is 0 Å². The quantitative estimate of drug-likeness (QED) is 0.739. The molecule has 1 heterocycles. The molecule has 2 rings (SSSR count). The van der Waals surface area contributed by atoms with E-state index in [1.165, 1.54) is 5.56 Å². The lowest BCUT2D eigenvalue weighted by Crippen LogP contribution is -2.38. The average Bonchev–Trinajstić information content (AvgIpc) is 2.61. The van der Waals surface area contributed by atoms with E-state index in [4.69, 9.17) is 14.2 Å². The standard InChI is InChI=1S/C19H29NO4/c1-5-7-8-14(19(21)24-6-2)18-15-12-17(23-4)16(22-3)11-13(15)9-10-20-18/h11-12,14,18,20H,5-10H2,1-4H3. The van der Waals surface area contributed by atoms with Gasteiger partial charge in [0.05, 0.1) is 26.7 Å². The van der Waals surface area contributed by atoms with Gasteiger partial charge < -0.3 is 19.5 Å². The molecule has 1 N–H and O–H groups in total. The van der Waals surface area contributed by atoms with Crippen LogP contribution in [0, 0.1) is 5.92 Å². The fraction of sp³-hybridized carbons (Fsp3) is 0.632. The number of methoxy groups -OCH3 is 2. The van der Waals surface area contributed by atoms with Crippen LogP contribution in [0.15, 0.2) is 12.1 Å². The van der Waals surface area contributed by atoms with E-state index in [0.29, 0.717) is 12.4 Å². The monoisotopic (exact) mass is 335 g/mol. The van der Waals surface area contributed by atoms with E-state index in [0.717, 1.165) is 43.5 Å². The molecule has 24 heavy (non-hydrogen) atoms. The van der Waals surface area contributed by atoms with Gasteiger partial charge >= 0.3 is 5.97 Å². The minimum Gasteiger partial charge on any atom is -0.493 e. The number of ether oxygens (including phenoxy) is 3. The highest BCUT2D eigenvalue weighted by atomic mass is 16.5. The van der Waals surface area contributed by atoms with Crippen molar-refractivity contribution in [2.75, 3.05) is 27.4 Å². The van der Waals surface area contributed by atoms with Crippen LogP contribution in [0.5, 0.6) is 11.5 Å². The fourth-order valence-electron chi connectivity index (χ4n) is 3.37. The maximum absolute atomic E-state index is 12.5. The molecule has 1 aliphatic heterocycles. The first-order valence-corrected chi connectivity index (χ1v) is 8.81. The molecule has 1 aromatic rings. The van der Waals surface area contributed by atoms with E-state index < -0.39 is 0 Å². The van der Waals surface area contributed by atoms with Crippen molar-refractivity contribution in [3.8, 4) is 11.5 Å². The third-order valence-electron chi connectivity index (χ3n) is 4.60. The van der Waals surface area contributed by atoms with Gasteiger partial charge in [-0.25, -0.2) is 0 Å². The minimum atomic E-state index is -0.179. The Morgan fingerprint density at radius 2 is 1.96 bits per heavy atom. The topological polar surface area (TPSA) is 56.8 Å². The lowest BCUT2D eigenvalue weighted by Gasteiger charge is -2.33. The molecule has 0 saturated carbocycles. The molecule has 1 aliphatic rings. The summed E-state index contributed by atoms with van der Waals surface area (Å²) in [6.45, 7) is 5.24. The molecule has 0 aromatic heterocycles. The van der Waals surface area contributed by atoms with Crippen LogP contribution in [-0.4, -0.2) is 33.3 Å². The first kappa shape index (κ1) is 18.6. The number of rotatable bonds is 8. The number of nitrogens with one attached hydrogen (secondary N) is 1. The zero-order valence-electron chi connectivity index (χ0n) is 15.2. The van der Waals surface area contributed by atoms with E-state index in [1.807, 2.05) is 19.1 Å². The molecule has 5 heteroatoms. The largest absolute Gasteiger partial charge is 0.493 e. The second-order valence-corrected chi connectivity index (χ2v) is 6.09. The molecule has 2 unspecified atom stereocenters. The maximum Gasteiger partial charge on any atom is 0.310 e. The lowest BCUT2D eigenvalue weighted by molar-refractivity contribution is -0.149. The van der Waals surface area contributed by atoms with Gasteiger partial charge in [-0.1, -0.05) is 19.8 Å². The number of carbonyl (C=O) groups excluding carboxylic acids is 1. The Morgan fingerprint density at radius 1 is 1.25 bits per heavy atom. The number of unbranched alkanes of at least 4 members (excludes halogenated alkanes) is 1. The summed E-state index contributed by atoms with van der Waals surface area (Å²) >= 11 is 0. The van der Waals surface area contributed by atoms with Gasteiger partial charge in [-0.15, -0.1) is 0 Å². The summed E-state index contributed by atoms with van der Waals surface area (Å²) in [7, 11) is 3.28. The summed E-state index contributed by atoms with van der Waals surface area (Å²) in [5.41, 5.74) is 2.33. The predicted molar refractivity (Wildman–Crippen MR) is 93.6 cm³/mol. The fourth-order valence-corrected chi connectivity index (χ4v) is 3.37. The Morgan fingerprint density at radius 3 is 2.58 bits per heavy atom. The molecule has 0 fully saturated rings. The van der Waals surface area contributed by atoms with Gasteiger partial charge in [-0.05, 0) is 49.6 Å². The summed E-state index contributed by atoms with van der Waals surface area (Å²) < 4.78 is 16.2. The zero-order chi connectivity index (χ0) is 17.5. The van der Waals surface area contributed by atoms with E-state index in [1.54, 1.807) is 14.2 Å². The van der Waals surface area contributed by atoms with Crippen LogP contribution in [0.4, 0.5) is 0 Å². The summed E-state index contributed by atoms with van der Waals surface area (Å²) in [4.78, 5) is 12.5. The van der Waals surface area contributed by atoms with E-state index in [-0.39, 0.29) is 17.9 Å². The Balaban J connectivity index is 2.38. The molecular weight excluding hydrogens is 306 g/mol. The normalized spacial score (nSPS) is 17.8. The van der Waals surface area contributed by atoms with Crippen LogP contribution in [0.1, 0.15) is 50.3 Å². The molecule has 0 aliphatic carbocycles. The summed E-state index contributed by atoms with van der Waals surface area (Å²) in [6, 6.07) is 3.99. The molecular formula is C19H29NO4. The molecule has 0 bridgehead atoms. The first-order chi connectivity index (χ1) is 11.7. The second-order valence-electron chi connectivity index (χ2n) is 6.09. The molecule has 0 amide bonds. The molecule has 134 valence electrons. The van der Waals surface area contributed by atoms with Crippen molar-refractivity contribution in [3.05, 3.63) is 23.3 Å². The number of benzene rings is 1. The molecule has 2 atom stereocenters. The smallest absolute Gasteiger partial charge is 0.310 e. The van der Waals surface area contributed by atoms with Gasteiger partial charge in [0, 0.05) is 6.04 Å². The summed E-state index contributed by atoms with van der Waals surface area (Å²) in [5, 5.41) is 3.52. The number of carbonyl (C=O) groups is 1. The van der Waals surface area contributed by atoms with Crippen LogP contribution in [0.25, 0.3) is 0 Å². The number of fused-ring (bicyclic) bond motifs is 1. The predicted octanol–water partition coefficient (Wildman–Crippen LogP) is 3.26. The minimum absolute atomic E-state index is 0.0424. The van der Waals surface area contributed by atoms with Crippen molar-refractivity contribution in [2.24, 2.45) is 5.92 Å². The maximum atomic E-state index is 12.5. The van der Waals surface area contributed by atoms with Crippen LogP contribution in [0.3, 0.4) is 0 Å². The Bertz CT molecular complexity index is 559. The first-order valence-electron chi connectivity index (χ1n) is 8.81. The number of hydrogen-bond acceptors (Lipinski definition) is 5. The van der Waals surface area contributed by atoms with Crippen molar-refractivity contribution >= 4 is 5.97 Å². The van der Waals surface area contributed by atoms with Crippen LogP contribution >= 0.6 is 0 Å². The van der Waals surface area contributed by atoms with Gasteiger partial charge in [0.25, 0.3) is 0 Å². The highest BCUT2D eigenvalue weighted by Gasteiger charge is 2.34. The van der Waals surface area contributed by atoms with Gasteiger partial charge in [0.15, 0.2) is 11.5 Å². The van der Waals surface area contributed by atoms with E-state index in [9.17, 15) is 4.79 Å². The summed E-state index contributed by atoms with van der Waals surface area (Å²) in [5.74, 6) is 1.13. The van der Waals surface area contributed by atoms with Crippen molar-refractivity contribution in [1.29, 1.82) is 0 Å². The number of hydrogen-bond donors (Lipinski definition) is 1. The van der Waals surface area contributed by atoms with E-state index >= 15 is 0 Å². The van der Waals surface area contributed by atoms with Crippen LogP contribution in [-0.2, 0) is 16.0 Å². The highest BCUT2D eigenvalue weighted by molar-refractivity contribution is 5.74.